The zero-order valence-electron chi connectivity index (χ0n) is 19.1. The van der Waals surface area contributed by atoms with Crippen LogP contribution in [0.25, 0.3) is 0 Å². The number of anilines is 1. The molecule has 4 N–H and O–H groups in total. The lowest BCUT2D eigenvalue weighted by molar-refractivity contribution is -0.274. The average Bonchev–Trinajstić information content (AvgIpc) is 3.28. The number of halogens is 3. The molecule has 4 aliphatic heterocycles. The van der Waals surface area contributed by atoms with Gasteiger partial charge in [0.05, 0.1) is 17.9 Å². The fraction of sp³-hybridized carbons (Fsp3) is 0.500. The monoisotopic (exact) mass is 491 g/mol. The first kappa shape index (κ1) is 23.5. The van der Waals surface area contributed by atoms with Crippen molar-refractivity contribution in [1.29, 1.82) is 0 Å². The van der Waals surface area contributed by atoms with Crippen molar-refractivity contribution in [1.82, 2.24) is 15.5 Å². The van der Waals surface area contributed by atoms with Gasteiger partial charge in [-0.3, -0.25) is 4.79 Å². The van der Waals surface area contributed by atoms with E-state index in [9.17, 15) is 18.0 Å². The van der Waals surface area contributed by atoms with Crippen molar-refractivity contribution in [2.24, 2.45) is 16.8 Å². The highest BCUT2D eigenvalue weighted by Crippen LogP contribution is 2.34. The summed E-state index contributed by atoms with van der Waals surface area (Å²) < 4.78 is 46.8. The number of amides is 1. The summed E-state index contributed by atoms with van der Waals surface area (Å²) in [7, 11) is 0. The maximum absolute atomic E-state index is 13.0. The zero-order chi connectivity index (χ0) is 24.6. The molecule has 4 heterocycles. The maximum atomic E-state index is 13.0. The maximum Gasteiger partial charge on any atom is 0.573 e. The van der Waals surface area contributed by atoms with E-state index in [0.717, 1.165) is 56.0 Å². The number of amidine groups is 1. The number of dihydropyridines is 1. The second kappa shape index (κ2) is 9.44. The Kier molecular flexibility index (Phi) is 6.35. The number of hydrogen-bond acceptors (Lipinski definition) is 7. The number of fused-ring (bicyclic) bond motifs is 1. The van der Waals surface area contributed by atoms with Crippen molar-refractivity contribution in [2.45, 2.75) is 38.2 Å². The van der Waals surface area contributed by atoms with Gasteiger partial charge in [0.2, 0.25) is 0 Å². The van der Waals surface area contributed by atoms with Crippen molar-refractivity contribution < 1.29 is 27.4 Å². The molecule has 5 rings (SSSR count). The van der Waals surface area contributed by atoms with Crippen LogP contribution in [-0.2, 0) is 4.74 Å². The average molecular weight is 492 g/mol. The number of alkyl halides is 3. The predicted octanol–water partition coefficient (Wildman–Crippen LogP) is 3.15. The van der Waals surface area contributed by atoms with Crippen molar-refractivity contribution in [3.8, 4) is 5.75 Å². The van der Waals surface area contributed by atoms with Crippen molar-refractivity contribution in [3.63, 3.8) is 0 Å². The summed E-state index contributed by atoms with van der Waals surface area (Å²) in [6, 6.07) is 3.42. The van der Waals surface area contributed by atoms with Gasteiger partial charge >= 0.3 is 6.36 Å². The van der Waals surface area contributed by atoms with Crippen LogP contribution in [0, 0.1) is 11.8 Å². The molecule has 0 radical (unpaired) electrons. The van der Waals surface area contributed by atoms with Crippen LogP contribution in [0.1, 0.15) is 36.0 Å². The Morgan fingerprint density at radius 2 is 2.00 bits per heavy atom. The number of benzene rings is 1. The zero-order valence-corrected chi connectivity index (χ0v) is 19.1. The van der Waals surface area contributed by atoms with Gasteiger partial charge in [0.1, 0.15) is 11.6 Å². The molecular formula is C24H28F3N5O3. The fourth-order valence-electron chi connectivity index (χ4n) is 5.13. The van der Waals surface area contributed by atoms with Gasteiger partial charge in [-0.2, -0.15) is 0 Å². The number of allylic oxidation sites excluding steroid dienone is 2. The molecular weight excluding hydrogens is 463 g/mol. The predicted molar refractivity (Wildman–Crippen MR) is 123 cm³/mol. The number of nitrogens with zero attached hydrogens (tertiary/aromatic N) is 2. The third-order valence-corrected chi connectivity index (χ3v) is 6.89. The van der Waals surface area contributed by atoms with Gasteiger partial charge < -0.3 is 30.7 Å². The van der Waals surface area contributed by atoms with Gasteiger partial charge in [-0.1, -0.05) is 0 Å². The molecule has 0 aliphatic carbocycles. The summed E-state index contributed by atoms with van der Waals surface area (Å²) in [5, 5.41) is 6.85. The molecule has 1 aromatic rings. The first-order valence-electron chi connectivity index (χ1n) is 11.8. The number of likely N-dealkylation sites (tertiary alicyclic amines) is 1. The summed E-state index contributed by atoms with van der Waals surface area (Å²) >= 11 is 0. The van der Waals surface area contributed by atoms with Gasteiger partial charge in [-0.15, -0.1) is 13.2 Å². The Bertz CT molecular complexity index is 1070. The van der Waals surface area contributed by atoms with Crippen LogP contribution in [0.15, 0.2) is 46.7 Å². The number of rotatable bonds is 4. The lowest BCUT2D eigenvalue weighted by atomic mass is 9.86. The van der Waals surface area contributed by atoms with Crippen molar-refractivity contribution in [3.05, 3.63) is 47.3 Å². The number of nitrogens with one attached hydrogen (secondary N) is 2. The van der Waals surface area contributed by atoms with Crippen LogP contribution in [0.3, 0.4) is 0 Å². The van der Waals surface area contributed by atoms with Crippen LogP contribution >= 0.6 is 0 Å². The summed E-state index contributed by atoms with van der Waals surface area (Å²) in [5.74, 6) is 0.774. The minimum atomic E-state index is -4.82. The van der Waals surface area contributed by atoms with E-state index in [1.807, 2.05) is 6.20 Å². The molecule has 8 nitrogen and oxygen atoms in total. The lowest BCUT2D eigenvalue weighted by Gasteiger charge is -2.34. The van der Waals surface area contributed by atoms with Gasteiger partial charge in [0.25, 0.3) is 5.91 Å². The Balaban J connectivity index is 1.23. The van der Waals surface area contributed by atoms with Gasteiger partial charge in [0.15, 0.2) is 6.17 Å². The highest BCUT2D eigenvalue weighted by molar-refractivity contribution is 5.99. The van der Waals surface area contributed by atoms with Crippen LogP contribution in [0.5, 0.6) is 5.75 Å². The van der Waals surface area contributed by atoms with Crippen LogP contribution in [0.2, 0.25) is 0 Å². The van der Waals surface area contributed by atoms with Crippen LogP contribution in [0.4, 0.5) is 18.9 Å². The lowest BCUT2D eigenvalue weighted by Crippen LogP contribution is -2.41. The molecule has 188 valence electrons. The number of aliphatic imine (C=N–C) groups is 1. The normalized spacial score (nSPS) is 25.0. The van der Waals surface area contributed by atoms with Gasteiger partial charge in [0, 0.05) is 37.4 Å². The number of piperidine rings is 1. The molecule has 0 spiro atoms. The number of nitrogen functional groups attached to an aromatic ring is 1. The first-order valence-corrected chi connectivity index (χ1v) is 11.8. The fourth-order valence-corrected chi connectivity index (χ4v) is 5.13. The van der Waals surface area contributed by atoms with E-state index in [4.69, 9.17) is 15.5 Å². The third-order valence-electron chi connectivity index (χ3n) is 6.89. The second-order valence-corrected chi connectivity index (χ2v) is 9.19. The van der Waals surface area contributed by atoms with E-state index in [-0.39, 0.29) is 35.2 Å². The quantitative estimate of drug-likeness (QED) is 0.560. The number of carbonyl (C=O) groups is 1. The van der Waals surface area contributed by atoms with E-state index >= 15 is 0 Å². The topological polar surface area (TPSA) is 101 Å². The third kappa shape index (κ3) is 5.09. The highest BCUT2D eigenvalue weighted by atomic mass is 19.4. The Hall–Kier alpha value is -3.21. The minimum Gasteiger partial charge on any atom is -0.406 e. The second-order valence-electron chi connectivity index (χ2n) is 9.19. The van der Waals surface area contributed by atoms with Gasteiger partial charge in [-0.25, -0.2) is 4.99 Å². The van der Waals surface area contributed by atoms with Crippen LogP contribution < -0.4 is 21.1 Å². The molecule has 0 bridgehead atoms. The Labute approximate surface area is 201 Å². The molecule has 35 heavy (non-hydrogen) atoms. The largest absolute Gasteiger partial charge is 0.573 e. The van der Waals surface area contributed by atoms with Crippen molar-refractivity contribution >= 4 is 17.4 Å². The van der Waals surface area contributed by atoms with E-state index < -0.39 is 12.1 Å². The number of nitrogens with two attached hydrogens (primary N) is 1. The van der Waals surface area contributed by atoms with E-state index in [1.165, 1.54) is 11.6 Å². The molecule has 2 saturated heterocycles. The smallest absolute Gasteiger partial charge is 0.406 e. The molecule has 0 saturated carbocycles. The molecule has 2 unspecified atom stereocenters. The number of ether oxygens (including phenoxy) is 2. The number of hydrogen-bond donors (Lipinski definition) is 3. The highest BCUT2D eigenvalue weighted by Gasteiger charge is 2.35. The SMILES string of the molecule is Nc1cc(OC(F)(F)F)ccc1C(=O)N1CCC(C2=C3NC(C4CCCOC4)=NC3NC=C2)CC1. The van der Waals surface area contributed by atoms with Gasteiger partial charge in [-0.05, 0) is 61.6 Å². The summed E-state index contributed by atoms with van der Waals surface area (Å²) in [5.41, 5.74) is 8.28. The van der Waals surface area contributed by atoms with Crippen molar-refractivity contribution in [2.75, 3.05) is 32.0 Å². The molecule has 1 aromatic carbocycles. The molecule has 4 aliphatic rings. The summed E-state index contributed by atoms with van der Waals surface area (Å²) in [6.45, 7) is 2.53. The Morgan fingerprint density at radius 1 is 1.20 bits per heavy atom. The Morgan fingerprint density at radius 3 is 2.69 bits per heavy atom. The minimum absolute atomic E-state index is 0.0422. The summed E-state index contributed by atoms with van der Waals surface area (Å²) in [6.07, 6.45) is 2.68. The molecule has 1 amide bonds. The molecule has 2 atom stereocenters. The summed E-state index contributed by atoms with van der Waals surface area (Å²) in [4.78, 5) is 19.5. The van der Waals surface area contributed by atoms with E-state index in [2.05, 4.69) is 21.4 Å². The van der Waals surface area contributed by atoms with E-state index in [1.54, 1.807) is 4.90 Å². The molecule has 2 fully saturated rings. The standard InChI is InChI=1S/C24H28F3N5O3/c25-24(26,27)35-16-3-4-18(19(28)12-16)23(33)32-9-6-14(7-10-32)17-5-8-29-22-20(17)30-21(31-22)15-2-1-11-34-13-15/h3-5,8,12,14-15,22,29H,1-2,6-7,9-11,13,28H2,(H,30,31). The molecule has 11 heteroatoms. The first-order chi connectivity index (χ1) is 16.8. The molecule has 0 aromatic heterocycles. The van der Waals surface area contributed by atoms with Crippen LogP contribution in [-0.4, -0.2) is 55.5 Å². The van der Waals surface area contributed by atoms with E-state index in [0.29, 0.717) is 19.7 Å². The number of carbonyl (C=O) groups excluding carboxylic acids is 1.